The van der Waals surface area contributed by atoms with Crippen molar-refractivity contribution in [3.05, 3.63) is 41.3 Å². The Morgan fingerprint density at radius 2 is 2.00 bits per heavy atom. The molecule has 2 aliphatic heterocycles. The van der Waals surface area contributed by atoms with Gasteiger partial charge in [0, 0.05) is 57.1 Å². The van der Waals surface area contributed by atoms with Gasteiger partial charge in [-0.15, -0.1) is 0 Å². The zero-order valence-corrected chi connectivity index (χ0v) is 15.4. The molecule has 8 heteroatoms. The zero-order chi connectivity index (χ0) is 18.5. The van der Waals surface area contributed by atoms with E-state index >= 15 is 0 Å². The Hall–Kier alpha value is -2.45. The summed E-state index contributed by atoms with van der Waals surface area (Å²) in [6, 6.07) is 5.72. The third-order valence-corrected chi connectivity index (χ3v) is 5.09. The number of rotatable bonds is 5. The predicted molar refractivity (Wildman–Crippen MR) is 98.9 cm³/mol. The fourth-order valence-electron chi connectivity index (χ4n) is 3.50. The summed E-state index contributed by atoms with van der Waals surface area (Å²) in [5.41, 5.74) is 2.75. The lowest BCUT2D eigenvalue weighted by atomic mass is 10.1. The Morgan fingerprint density at radius 3 is 2.81 bits per heavy atom. The average molecular weight is 371 g/mol. The first kappa shape index (κ1) is 17.9. The molecule has 144 valence electrons. The first-order valence-corrected chi connectivity index (χ1v) is 9.50. The van der Waals surface area contributed by atoms with Crippen molar-refractivity contribution in [2.75, 3.05) is 52.5 Å². The number of aromatic amines is 1. The van der Waals surface area contributed by atoms with E-state index in [2.05, 4.69) is 26.1 Å². The van der Waals surface area contributed by atoms with Crippen LogP contribution >= 0.6 is 0 Å². The SMILES string of the molecule is O=C(c1ccn[nH]1)N1CCc2ccc(OCCN3CCOCC3)nc2CC1. The molecule has 0 spiro atoms. The molecule has 2 aromatic heterocycles. The van der Waals surface area contributed by atoms with Crippen LogP contribution in [0.1, 0.15) is 21.7 Å². The zero-order valence-electron chi connectivity index (χ0n) is 15.4. The van der Waals surface area contributed by atoms with Gasteiger partial charge in [-0.25, -0.2) is 4.98 Å². The van der Waals surface area contributed by atoms with Gasteiger partial charge in [0.15, 0.2) is 0 Å². The second-order valence-corrected chi connectivity index (χ2v) is 6.82. The number of ether oxygens (including phenoxy) is 2. The minimum atomic E-state index is -0.0118. The van der Waals surface area contributed by atoms with Crippen LogP contribution in [-0.4, -0.2) is 83.4 Å². The maximum Gasteiger partial charge on any atom is 0.271 e. The van der Waals surface area contributed by atoms with Crippen LogP contribution in [0.25, 0.3) is 0 Å². The number of amides is 1. The van der Waals surface area contributed by atoms with Gasteiger partial charge in [-0.2, -0.15) is 5.10 Å². The fraction of sp³-hybridized carbons (Fsp3) is 0.526. The first-order chi connectivity index (χ1) is 13.3. The number of morpholine rings is 1. The average Bonchev–Trinajstić information content (AvgIpc) is 3.16. The van der Waals surface area contributed by atoms with Crippen LogP contribution in [0.15, 0.2) is 24.4 Å². The van der Waals surface area contributed by atoms with Gasteiger partial charge in [0.05, 0.1) is 13.2 Å². The number of hydrogen-bond acceptors (Lipinski definition) is 6. The van der Waals surface area contributed by atoms with Gasteiger partial charge in [-0.3, -0.25) is 14.8 Å². The minimum Gasteiger partial charge on any atom is -0.476 e. The van der Waals surface area contributed by atoms with Crippen molar-refractivity contribution in [1.29, 1.82) is 0 Å². The van der Waals surface area contributed by atoms with Gasteiger partial charge in [0.1, 0.15) is 12.3 Å². The van der Waals surface area contributed by atoms with Gasteiger partial charge in [0.25, 0.3) is 5.91 Å². The molecule has 4 rings (SSSR count). The highest BCUT2D eigenvalue weighted by Crippen LogP contribution is 2.19. The smallest absolute Gasteiger partial charge is 0.271 e. The van der Waals surface area contributed by atoms with Crippen molar-refractivity contribution < 1.29 is 14.3 Å². The van der Waals surface area contributed by atoms with Crippen LogP contribution in [0.3, 0.4) is 0 Å². The van der Waals surface area contributed by atoms with Gasteiger partial charge in [-0.1, -0.05) is 6.07 Å². The molecule has 0 saturated carbocycles. The largest absolute Gasteiger partial charge is 0.476 e. The summed E-state index contributed by atoms with van der Waals surface area (Å²) in [4.78, 5) is 21.4. The molecule has 2 aliphatic rings. The summed E-state index contributed by atoms with van der Waals surface area (Å²) >= 11 is 0. The van der Waals surface area contributed by atoms with Gasteiger partial charge in [0.2, 0.25) is 5.88 Å². The molecule has 27 heavy (non-hydrogen) atoms. The summed E-state index contributed by atoms with van der Waals surface area (Å²) in [5, 5.41) is 6.61. The van der Waals surface area contributed by atoms with Crippen LogP contribution in [0.5, 0.6) is 5.88 Å². The molecular formula is C19H25N5O3. The van der Waals surface area contributed by atoms with E-state index in [1.165, 1.54) is 5.56 Å². The molecule has 1 amide bonds. The molecular weight excluding hydrogens is 346 g/mol. The number of aromatic nitrogens is 3. The third kappa shape index (κ3) is 4.45. The standard InChI is InChI=1S/C19H25N5O3/c25-19(17-3-6-20-22-17)24-7-4-15-1-2-18(21-16(15)5-8-24)27-14-11-23-9-12-26-13-10-23/h1-3,6H,4-5,7-14H2,(H,20,22). The maximum atomic E-state index is 12.5. The van der Waals surface area contributed by atoms with Crippen molar-refractivity contribution in [3.63, 3.8) is 0 Å². The van der Waals surface area contributed by atoms with E-state index in [4.69, 9.17) is 9.47 Å². The second kappa shape index (κ2) is 8.49. The van der Waals surface area contributed by atoms with Gasteiger partial charge >= 0.3 is 0 Å². The summed E-state index contributed by atoms with van der Waals surface area (Å²) in [6.45, 7) is 6.35. The number of nitrogens with zero attached hydrogens (tertiary/aromatic N) is 4. The van der Waals surface area contributed by atoms with Crippen molar-refractivity contribution >= 4 is 5.91 Å². The molecule has 1 fully saturated rings. The van der Waals surface area contributed by atoms with Crippen molar-refractivity contribution in [2.45, 2.75) is 12.8 Å². The number of fused-ring (bicyclic) bond motifs is 1. The normalized spacial score (nSPS) is 18.0. The monoisotopic (exact) mass is 371 g/mol. The van der Waals surface area contributed by atoms with Crippen LogP contribution < -0.4 is 4.74 Å². The Labute approximate surface area is 158 Å². The Bertz CT molecular complexity index is 759. The molecule has 8 nitrogen and oxygen atoms in total. The van der Waals surface area contributed by atoms with Crippen molar-refractivity contribution in [1.82, 2.24) is 25.0 Å². The van der Waals surface area contributed by atoms with E-state index < -0.39 is 0 Å². The summed E-state index contributed by atoms with van der Waals surface area (Å²) in [5.74, 6) is 0.651. The lowest BCUT2D eigenvalue weighted by Gasteiger charge is -2.26. The quantitative estimate of drug-likeness (QED) is 0.835. The summed E-state index contributed by atoms with van der Waals surface area (Å²) in [7, 11) is 0. The van der Waals surface area contributed by atoms with Crippen molar-refractivity contribution in [2.24, 2.45) is 0 Å². The van der Waals surface area contributed by atoms with E-state index in [1.807, 2.05) is 11.0 Å². The number of carbonyl (C=O) groups is 1. The highest BCUT2D eigenvalue weighted by molar-refractivity contribution is 5.92. The molecule has 0 aromatic carbocycles. The number of pyridine rings is 1. The molecule has 1 N–H and O–H groups in total. The molecule has 0 radical (unpaired) electrons. The maximum absolute atomic E-state index is 12.5. The first-order valence-electron chi connectivity index (χ1n) is 9.50. The van der Waals surface area contributed by atoms with Crippen LogP contribution in [0.2, 0.25) is 0 Å². The van der Waals surface area contributed by atoms with Gasteiger partial charge in [-0.05, 0) is 18.1 Å². The van der Waals surface area contributed by atoms with E-state index in [0.717, 1.165) is 51.4 Å². The minimum absolute atomic E-state index is 0.0118. The van der Waals surface area contributed by atoms with E-state index in [0.29, 0.717) is 31.3 Å². The number of H-pyrrole nitrogens is 1. The van der Waals surface area contributed by atoms with Crippen LogP contribution in [0, 0.1) is 0 Å². The second-order valence-electron chi connectivity index (χ2n) is 6.82. The number of carbonyl (C=O) groups excluding carboxylic acids is 1. The summed E-state index contributed by atoms with van der Waals surface area (Å²) in [6.07, 6.45) is 3.13. The lowest BCUT2D eigenvalue weighted by Crippen LogP contribution is -2.38. The Balaban J connectivity index is 1.32. The van der Waals surface area contributed by atoms with Crippen LogP contribution in [0.4, 0.5) is 0 Å². The predicted octanol–water partition coefficient (Wildman–Crippen LogP) is 0.757. The fourth-order valence-corrected chi connectivity index (χ4v) is 3.50. The lowest BCUT2D eigenvalue weighted by molar-refractivity contribution is 0.0320. The van der Waals surface area contributed by atoms with Crippen LogP contribution in [-0.2, 0) is 17.6 Å². The highest BCUT2D eigenvalue weighted by Gasteiger charge is 2.21. The molecule has 1 saturated heterocycles. The Morgan fingerprint density at radius 1 is 1.15 bits per heavy atom. The highest BCUT2D eigenvalue weighted by atomic mass is 16.5. The molecule has 4 heterocycles. The van der Waals surface area contributed by atoms with E-state index in [-0.39, 0.29) is 5.91 Å². The van der Waals surface area contributed by atoms with E-state index in [1.54, 1.807) is 12.3 Å². The number of nitrogens with one attached hydrogen (secondary N) is 1. The molecule has 2 aromatic rings. The molecule has 0 unspecified atom stereocenters. The van der Waals surface area contributed by atoms with Gasteiger partial charge < -0.3 is 14.4 Å². The molecule has 0 atom stereocenters. The number of hydrogen-bond donors (Lipinski definition) is 1. The molecule has 0 bridgehead atoms. The van der Waals surface area contributed by atoms with Crippen molar-refractivity contribution in [3.8, 4) is 5.88 Å². The molecule has 0 aliphatic carbocycles. The summed E-state index contributed by atoms with van der Waals surface area (Å²) < 4.78 is 11.2. The third-order valence-electron chi connectivity index (χ3n) is 5.09. The Kier molecular flexibility index (Phi) is 5.64. The topological polar surface area (TPSA) is 83.6 Å². The van der Waals surface area contributed by atoms with E-state index in [9.17, 15) is 4.79 Å².